The molecule has 1 aromatic heterocycles. The van der Waals surface area contributed by atoms with Crippen molar-refractivity contribution >= 4 is 5.96 Å². The monoisotopic (exact) mass is 334 g/mol. The van der Waals surface area contributed by atoms with Crippen molar-refractivity contribution in [2.45, 2.75) is 39.2 Å². The van der Waals surface area contributed by atoms with Crippen LogP contribution in [0.1, 0.15) is 38.2 Å². The van der Waals surface area contributed by atoms with Crippen LogP contribution < -0.4 is 15.4 Å². The maximum atomic E-state index is 5.29. The molecule has 0 atom stereocenters. The van der Waals surface area contributed by atoms with Crippen LogP contribution in [-0.2, 0) is 11.3 Å². The fourth-order valence-electron chi connectivity index (χ4n) is 3.02. The van der Waals surface area contributed by atoms with Crippen LogP contribution in [0.5, 0.6) is 5.88 Å². The Morgan fingerprint density at radius 3 is 2.79 bits per heavy atom. The molecule has 1 aromatic rings. The van der Waals surface area contributed by atoms with Gasteiger partial charge < -0.3 is 20.1 Å². The lowest BCUT2D eigenvalue weighted by Gasteiger charge is -2.42. The second kappa shape index (κ2) is 9.47. The first-order chi connectivity index (χ1) is 11.7. The lowest BCUT2D eigenvalue weighted by Crippen LogP contribution is -2.46. The first-order valence-electron chi connectivity index (χ1n) is 8.72. The summed E-state index contributed by atoms with van der Waals surface area (Å²) in [6, 6.07) is 3.90. The number of aromatic nitrogens is 1. The minimum atomic E-state index is 0.359. The number of ether oxygens (including phenoxy) is 2. The van der Waals surface area contributed by atoms with Crippen molar-refractivity contribution in [2.75, 3.05) is 33.9 Å². The zero-order valence-electron chi connectivity index (χ0n) is 15.1. The molecule has 0 radical (unpaired) electrons. The summed E-state index contributed by atoms with van der Waals surface area (Å²) in [4.78, 5) is 8.89. The lowest BCUT2D eigenvalue weighted by atomic mass is 9.67. The number of pyridine rings is 1. The van der Waals surface area contributed by atoms with Crippen molar-refractivity contribution in [1.29, 1.82) is 0 Å². The molecule has 1 aliphatic carbocycles. The lowest BCUT2D eigenvalue weighted by molar-refractivity contribution is 0.0732. The Kier molecular flexibility index (Phi) is 7.31. The Morgan fingerprint density at radius 2 is 2.17 bits per heavy atom. The normalized spacial score (nSPS) is 16.4. The molecule has 0 spiro atoms. The fraction of sp³-hybridized carbons (Fsp3) is 0.667. The molecule has 2 rings (SSSR count). The summed E-state index contributed by atoms with van der Waals surface area (Å²) in [5, 5.41) is 6.82. The van der Waals surface area contributed by atoms with Gasteiger partial charge in [0.1, 0.15) is 0 Å². The van der Waals surface area contributed by atoms with Crippen molar-refractivity contribution in [2.24, 2.45) is 10.4 Å². The van der Waals surface area contributed by atoms with E-state index in [1.54, 1.807) is 20.4 Å². The highest BCUT2D eigenvalue weighted by molar-refractivity contribution is 5.79. The van der Waals surface area contributed by atoms with E-state index in [1.807, 2.05) is 12.1 Å². The highest BCUT2D eigenvalue weighted by Crippen LogP contribution is 2.43. The van der Waals surface area contributed by atoms with Crippen molar-refractivity contribution < 1.29 is 9.47 Å². The first-order valence-corrected chi connectivity index (χ1v) is 8.72. The second-order valence-corrected chi connectivity index (χ2v) is 6.32. The van der Waals surface area contributed by atoms with E-state index in [1.165, 1.54) is 19.3 Å². The smallest absolute Gasteiger partial charge is 0.218 e. The maximum absolute atomic E-state index is 5.29. The van der Waals surface area contributed by atoms with Gasteiger partial charge in [0.2, 0.25) is 5.88 Å². The summed E-state index contributed by atoms with van der Waals surface area (Å²) < 4.78 is 10.6. The van der Waals surface area contributed by atoms with Crippen LogP contribution in [0.4, 0.5) is 0 Å². The van der Waals surface area contributed by atoms with E-state index in [9.17, 15) is 0 Å². The molecular formula is C18H30N4O2. The average Bonchev–Trinajstić information content (AvgIpc) is 2.58. The van der Waals surface area contributed by atoms with Crippen LogP contribution in [0.3, 0.4) is 0 Å². The standard InChI is InChI=1S/C18H30N4O2/c1-4-19-17(21-13-15-7-5-11-20-16(15)24-3)22-14-18(8-6-9-18)10-12-23-2/h5,7,11H,4,6,8-10,12-14H2,1-3H3,(H2,19,21,22). The molecule has 0 bridgehead atoms. The number of hydrogen-bond acceptors (Lipinski definition) is 4. The molecule has 1 heterocycles. The van der Waals surface area contributed by atoms with Gasteiger partial charge in [-0.05, 0) is 37.7 Å². The summed E-state index contributed by atoms with van der Waals surface area (Å²) >= 11 is 0. The van der Waals surface area contributed by atoms with Gasteiger partial charge in [-0.2, -0.15) is 0 Å². The van der Waals surface area contributed by atoms with Gasteiger partial charge in [-0.3, -0.25) is 0 Å². The minimum absolute atomic E-state index is 0.359. The number of aliphatic imine (C=N–C) groups is 1. The third-order valence-electron chi connectivity index (χ3n) is 4.68. The Hall–Kier alpha value is -1.82. The van der Waals surface area contributed by atoms with Crippen molar-refractivity contribution in [3.8, 4) is 5.88 Å². The van der Waals surface area contributed by atoms with E-state index < -0.39 is 0 Å². The molecule has 6 heteroatoms. The number of hydrogen-bond donors (Lipinski definition) is 2. The summed E-state index contributed by atoms with van der Waals surface area (Å²) in [5.74, 6) is 1.47. The molecule has 24 heavy (non-hydrogen) atoms. The van der Waals surface area contributed by atoms with E-state index in [0.29, 0.717) is 17.8 Å². The van der Waals surface area contributed by atoms with Crippen LogP contribution in [0, 0.1) is 5.41 Å². The van der Waals surface area contributed by atoms with Crippen molar-refractivity contribution in [3.63, 3.8) is 0 Å². The third-order valence-corrected chi connectivity index (χ3v) is 4.68. The van der Waals surface area contributed by atoms with Gasteiger partial charge >= 0.3 is 0 Å². The third kappa shape index (κ3) is 5.09. The zero-order chi connectivity index (χ0) is 17.3. The van der Waals surface area contributed by atoms with E-state index >= 15 is 0 Å². The summed E-state index contributed by atoms with van der Waals surface area (Å²) in [6.45, 7) is 5.21. The van der Waals surface area contributed by atoms with Gasteiger partial charge in [0, 0.05) is 38.6 Å². The van der Waals surface area contributed by atoms with Gasteiger partial charge in [-0.25, -0.2) is 9.98 Å². The molecule has 0 aliphatic heterocycles. The molecule has 6 nitrogen and oxygen atoms in total. The van der Waals surface area contributed by atoms with E-state index in [2.05, 4.69) is 27.5 Å². The fourth-order valence-corrected chi connectivity index (χ4v) is 3.02. The van der Waals surface area contributed by atoms with E-state index in [4.69, 9.17) is 9.47 Å². The van der Waals surface area contributed by atoms with Crippen LogP contribution in [0.15, 0.2) is 23.3 Å². The Bertz CT molecular complexity index is 530. The molecule has 2 N–H and O–H groups in total. The molecule has 0 unspecified atom stereocenters. The molecule has 1 saturated carbocycles. The summed E-state index contributed by atoms with van der Waals surface area (Å²) in [5.41, 5.74) is 1.34. The molecule has 1 aliphatic rings. The van der Waals surface area contributed by atoms with Gasteiger partial charge in [-0.1, -0.05) is 12.5 Å². The van der Waals surface area contributed by atoms with Gasteiger partial charge in [0.05, 0.1) is 13.7 Å². The quantitative estimate of drug-likeness (QED) is 0.536. The first kappa shape index (κ1) is 18.5. The molecular weight excluding hydrogens is 304 g/mol. The van der Waals surface area contributed by atoms with Gasteiger partial charge in [-0.15, -0.1) is 0 Å². The predicted molar refractivity (Wildman–Crippen MR) is 96.4 cm³/mol. The van der Waals surface area contributed by atoms with Crippen LogP contribution in [0.25, 0.3) is 0 Å². The summed E-state index contributed by atoms with van der Waals surface area (Å²) in [6.07, 6.45) is 6.67. The van der Waals surface area contributed by atoms with E-state index in [0.717, 1.165) is 37.6 Å². The zero-order valence-corrected chi connectivity index (χ0v) is 15.1. The second-order valence-electron chi connectivity index (χ2n) is 6.32. The molecule has 1 fully saturated rings. The topological polar surface area (TPSA) is 67.8 Å². The van der Waals surface area contributed by atoms with Crippen LogP contribution in [0.2, 0.25) is 0 Å². The molecule has 0 aromatic carbocycles. The van der Waals surface area contributed by atoms with Crippen LogP contribution >= 0.6 is 0 Å². The SMILES string of the molecule is CCNC(=NCc1cccnc1OC)NCC1(CCOC)CCC1. The molecule has 0 saturated heterocycles. The minimum Gasteiger partial charge on any atom is -0.481 e. The average molecular weight is 334 g/mol. The predicted octanol–water partition coefficient (Wildman–Crippen LogP) is 2.35. The Morgan fingerprint density at radius 1 is 1.33 bits per heavy atom. The molecule has 134 valence electrons. The Labute approximate surface area is 145 Å². The highest BCUT2D eigenvalue weighted by atomic mass is 16.5. The number of guanidine groups is 1. The van der Waals surface area contributed by atoms with E-state index in [-0.39, 0.29) is 0 Å². The highest BCUT2D eigenvalue weighted by Gasteiger charge is 2.36. The Balaban J connectivity index is 1.95. The number of nitrogens with one attached hydrogen (secondary N) is 2. The number of methoxy groups -OCH3 is 2. The number of nitrogens with zero attached hydrogens (tertiary/aromatic N) is 2. The number of rotatable bonds is 9. The summed E-state index contributed by atoms with van der Waals surface area (Å²) in [7, 11) is 3.40. The largest absolute Gasteiger partial charge is 0.481 e. The maximum Gasteiger partial charge on any atom is 0.218 e. The van der Waals surface area contributed by atoms with Gasteiger partial charge in [0.15, 0.2) is 5.96 Å². The van der Waals surface area contributed by atoms with Crippen molar-refractivity contribution in [3.05, 3.63) is 23.9 Å². The van der Waals surface area contributed by atoms with Gasteiger partial charge in [0.25, 0.3) is 0 Å². The van der Waals surface area contributed by atoms with Crippen molar-refractivity contribution in [1.82, 2.24) is 15.6 Å². The van der Waals surface area contributed by atoms with Crippen LogP contribution in [-0.4, -0.2) is 44.9 Å². The molecule has 0 amide bonds.